The maximum Gasteiger partial charge on any atom is 0.293 e. The zero-order valence-electron chi connectivity index (χ0n) is 21.7. The van der Waals surface area contributed by atoms with Gasteiger partial charge in [0.05, 0.1) is 27.9 Å². The summed E-state index contributed by atoms with van der Waals surface area (Å²) in [5.74, 6) is -2.71. The molecular weight excluding hydrogens is 502 g/mol. The Labute approximate surface area is 231 Å². The number of para-hydroxylation sites is 3. The van der Waals surface area contributed by atoms with Crippen molar-refractivity contribution in [3.05, 3.63) is 135 Å². The topological polar surface area (TPSA) is 92.9 Å². The Morgan fingerprint density at radius 1 is 0.850 bits per heavy atom. The molecule has 1 fully saturated rings. The molecule has 4 aliphatic rings. The molecule has 2 amide bonds. The molecule has 0 radical (unpaired) electrons. The lowest BCUT2D eigenvalue weighted by Gasteiger charge is -2.52. The number of amides is 2. The van der Waals surface area contributed by atoms with E-state index < -0.39 is 34.0 Å². The van der Waals surface area contributed by atoms with Crippen molar-refractivity contribution in [1.82, 2.24) is 0 Å². The molecule has 1 aliphatic heterocycles. The van der Waals surface area contributed by atoms with Crippen molar-refractivity contribution in [2.75, 3.05) is 4.90 Å². The third kappa shape index (κ3) is 3.09. The van der Waals surface area contributed by atoms with Crippen LogP contribution in [0.3, 0.4) is 0 Å². The number of anilines is 1. The summed E-state index contributed by atoms with van der Waals surface area (Å²) in [6.07, 6.45) is 2.66. The van der Waals surface area contributed by atoms with Crippen LogP contribution in [-0.2, 0) is 21.4 Å². The molecule has 3 aliphatic carbocycles. The predicted octanol–water partition coefficient (Wildman–Crippen LogP) is 6.11. The Morgan fingerprint density at radius 2 is 1.45 bits per heavy atom. The van der Waals surface area contributed by atoms with E-state index in [0.29, 0.717) is 0 Å². The molecule has 8 rings (SSSR count). The number of nitro benzene ring substituents is 1. The van der Waals surface area contributed by atoms with Gasteiger partial charge in [-0.2, -0.15) is 0 Å². The highest BCUT2D eigenvalue weighted by atomic mass is 16.6. The van der Waals surface area contributed by atoms with Gasteiger partial charge < -0.3 is 0 Å². The van der Waals surface area contributed by atoms with Gasteiger partial charge in [0.15, 0.2) is 0 Å². The van der Waals surface area contributed by atoms with E-state index in [4.69, 9.17) is 4.99 Å². The van der Waals surface area contributed by atoms with Gasteiger partial charge in [0.25, 0.3) is 5.69 Å². The molecule has 0 unspecified atom stereocenters. The summed E-state index contributed by atoms with van der Waals surface area (Å²) in [5.41, 5.74) is 4.47. The minimum atomic E-state index is -1.03. The number of carbonyl (C=O) groups excluding carboxylic acids is 2. The second kappa shape index (κ2) is 8.81. The van der Waals surface area contributed by atoms with Crippen LogP contribution in [0.15, 0.2) is 102 Å². The number of rotatable bonds is 5. The van der Waals surface area contributed by atoms with Gasteiger partial charge in [0.1, 0.15) is 5.69 Å². The highest BCUT2D eigenvalue weighted by molar-refractivity contribution is 6.25. The van der Waals surface area contributed by atoms with E-state index >= 15 is 0 Å². The fraction of sp³-hybridized carbons (Fsp3) is 0.182. The van der Waals surface area contributed by atoms with Crippen molar-refractivity contribution in [3.63, 3.8) is 0 Å². The van der Waals surface area contributed by atoms with Gasteiger partial charge in [-0.15, -0.1) is 0 Å². The molecule has 0 saturated carbocycles. The zero-order valence-corrected chi connectivity index (χ0v) is 21.7. The lowest BCUT2D eigenvalue weighted by Crippen LogP contribution is -2.54. The summed E-state index contributed by atoms with van der Waals surface area (Å²) in [6.45, 7) is 2.07. The fourth-order valence-electron chi connectivity index (χ4n) is 7.20. The van der Waals surface area contributed by atoms with Crippen LogP contribution in [0.5, 0.6) is 0 Å². The summed E-state index contributed by atoms with van der Waals surface area (Å²) in [5, 5.41) is 11.9. The Morgan fingerprint density at radius 3 is 2.12 bits per heavy atom. The molecule has 2 bridgehead atoms. The smallest absolute Gasteiger partial charge is 0.274 e. The molecule has 0 spiro atoms. The van der Waals surface area contributed by atoms with Crippen LogP contribution >= 0.6 is 0 Å². The maximum atomic E-state index is 14.5. The first kappa shape index (κ1) is 24.2. The van der Waals surface area contributed by atoms with Gasteiger partial charge in [-0.3, -0.25) is 24.7 Å². The number of hydrogen-bond donors (Lipinski definition) is 0. The van der Waals surface area contributed by atoms with Crippen LogP contribution in [0.2, 0.25) is 0 Å². The van der Waals surface area contributed by atoms with Crippen molar-refractivity contribution in [2.24, 2.45) is 16.8 Å². The SMILES string of the molecule is CCc1ccccc1N=CC12c3ccccc3C(c3ccccc31)[C@H]1C(=O)N(c3ccccc3[N+](=O)[O-])C(=O)[C@H]12. The van der Waals surface area contributed by atoms with Crippen molar-refractivity contribution in [2.45, 2.75) is 24.7 Å². The average molecular weight is 528 g/mol. The molecule has 4 aromatic carbocycles. The van der Waals surface area contributed by atoms with Gasteiger partial charge in [-0.05, 0) is 46.4 Å². The Balaban J connectivity index is 1.51. The van der Waals surface area contributed by atoms with Gasteiger partial charge in [-0.1, -0.05) is 85.8 Å². The fourth-order valence-corrected chi connectivity index (χ4v) is 7.20. The number of imide groups is 1. The van der Waals surface area contributed by atoms with Gasteiger partial charge in [-0.25, -0.2) is 4.90 Å². The first-order valence-electron chi connectivity index (χ1n) is 13.4. The van der Waals surface area contributed by atoms with E-state index in [1.807, 2.05) is 79.0 Å². The van der Waals surface area contributed by atoms with Gasteiger partial charge >= 0.3 is 0 Å². The number of aryl methyl sites for hydroxylation is 1. The van der Waals surface area contributed by atoms with Crippen LogP contribution in [0, 0.1) is 22.0 Å². The first-order valence-corrected chi connectivity index (χ1v) is 13.4. The van der Waals surface area contributed by atoms with Crippen molar-refractivity contribution in [1.29, 1.82) is 0 Å². The lowest BCUT2D eigenvalue weighted by molar-refractivity contribution is -0.384. The van der Waals surface area contributed by atoms with Crippen molar-refractivity contribution in [3.8, 4) is 0 Å². The van der Waals surface area contributed by atoms with E-state index in [0.717, 1.165) is 44.8 Å². The standard InChI is InChI=1S/C33H25N3O4/c1-2-20-11-3-8-16-25(20)34-19-33-23-14-6-4-12-21(23)28(22-13-5-7-15-24(22)33)29-30(33)32(38)35(31(29)37)26-17-9-10-18-27(26)36(39)40/h3-19,28-30H,2H2,1H3/t28?,29-,30+,33?/m1/s1. The van der Waals surface area contributed by atoms with Crippen LogP contribution in [0.25, 0.3) is 0 Å². The number of nitro groups is 1. The molecule has 1 heterocycles. The van der Waals surface area contributed by atoms with E-state index in [1.54, 1.807) is 6.07 Å². The van der Waals surface area contributed by atoms with Crippen LogP contribution in [-0.4, -0.2) is 23.0 Å². The van der Waals surface area contributed by atoms with E-state index in [2.05, 4.69) is 6.92 Å². The third-order valence-electron chi connectivity index (χ3n) is 8.78. The largest absolute Gasteiger partial charge is 0.293 e. The Hall–Kier alpha value is -4.91. The number of nitrogens with zero attached hydrogens (tertiary/aromatic N) is 3. The number of aliphatic imine (C=N–C) groups is 1. The summed E-state index contributed by atoms with van der Waals surface area (Å²) in [7, 11) is 0. The molecule has 1 saturated heterocycles. The third-order valence-corrected chi connectivity index (χ3v) is 8.78. The van der Waals surface area contributed by atoms with Crippen LogP contribution in [0.1, 0.15) is 40.7 Å². The van der Waals surface area contributed by atoms with Crippen molar-refractivity contribution < 1.29 is 14.5 Å². The molecule has 7 nitrogen and oxygen atoms in total. The normalized spacial score (nSPS) is 24.2. The summed E-state index contributed by atoms with van der Waals surface area (Å²) in [4.78, 5) is 46.2. The molecule has 2 atom stereocenters. The van der Waals surface area contributed by atoms with E-state index in [-0.39, 0.29) is 17.3 Å². The molecular formula is C33H25N3O4. The zero-order chi connectivity index (χ0) is 27.6. The van der Waals surface area contributed by atoms with Crippen LogP contribution < -0.4 is 4.90 Å². The minimum Gasteiger partial charge on any atom is -0.274 e. The summed E-state index contributed by atoms with van der Waals surface area (Å²) in [6, 6.07) is 29.8. The number of carbonyl (C=O) groups is 2. The second-order valence-electron chi connectivity index (χ2n) is 10.5. The van der Waals surface area contributed by atoms with E-state index in [9.17, 15) is 19.7 Å². The minimum absolute atomic E-state index is 0.00725. The lowest BCUT2D eigenvalue weighted by atomic mass is 9.47. The number of hydrogen-bond acceptors (Lipinski definition) is 5. The molecule has 4 aromatic rings. The predicted molar refractivity (Wildman–Crippen MR) is 152 cm³/mol. The second-order valence-corrected chi connectivity index (χ2v) is 10.5. The first-order chi connectivity index (χ1) is 19.5. The van der Waals surface area contributed by atoms with Crippen molar-refractivity contribution >= 4 is 35.1 Å². The molecule has 7 heteroatoms. The van der Waals surface area contributed by atoms with Gasteiger partial charge in [0, 0.05) is 18.2 Å². The average Bonchev–Trinajstić information content (AvgIpc) is 3.26. The van der Waals surface area contributed by atoms with E-state index in [1.165, 1.54) is 18.2 Å². The monoisotopic (exact) mass is 527 g/mol. The van der Waals surface area contributed by atoms with Gasteiger partial charge in [0.2, 0.25) is 11.8 Å². The summed E-state index contributed by atoms with van der Waals surface area (Å²) >= 11 is 0. The maximum absolute atomic E-state index is 14.5. The Kier molecular flexibility index (Phi) is 5.32. The quantitative estimate of drug-likeness (QED) is 0.135. The Bertz CT molecular complexity index is 1710. The molecule has 196 valence electrons. The molecule has 40 heavy (non-hydrogen) atoms. The summed E-state index contributed by atoms with van der Waals surface area (Å²) < 4.78 is 0. The highest BCUT2D eigenvalue weighted by Gasteiger charge is 2.68. The van der Waals surface area contributed by atoms with Crippen LogP contribution in [0.4, 0.5) is 17.1 Å². The molecule has 0 aromatic heterocycles. The highest BCUT2D eigenvalue weighted by Crippen LogP contribution is 2.64. The number of benzene rings is 4. The molecule has 0 N–H and O–H groups in total.